The highest BCUT2D eigenvalue weighted by Gasteiger charge is 2.16. The number of fused-ring (bicyclic) bond motifs is 1. The first kappa shape index (κ1) is 16.4. The minimum atomic E-state index is 0.449. The number of thiophene rings is 1. The van der Waals surface area contributed by atoms with Crippen molar-refractivity contribution in [2.45, 2.75) is 46.2 Å². The Kier molecular flexibility index (Phi) is 4.39. The Hall–Kier alpha value is -2.05. The topological polar surface area (TPSA) is 55.6 Å². The maximum Gasteiger partial charge on any atom is 0.123 e. The summed E-state index contributed by atoms with van der Waals surface area (Å²) in [5.74, 6) is 0.449. The van der Waals surface area contributed by atoms with Crippen LogP contribution < -0.4 is 5.32 Å². The van der Waals surface area contributed by atoms with E-state index in [0.29, 0.717) is 12.5 Å². The van der Waals surface area contributed by atoms with Gasteiger partial charge in [0.15, 0.2) is 0 Å². The lowest BCUT2D eigenvalue weighted by molar-refractivity contribution is 0.643. The molecule has 0 bridgehead atoms. The normalized spacial score (nSPS) is 14.1. The summed E-state index contributed by atoms with van der Waals surface area (Å²) in [6.45, 7) is 9.14. The molecule has 6 heteroatoms. The zero-order valence-corrected chi connectivity index (χ0v) is 15.7. The van der Waals surface area contributed by atoms with Gasteiger partial charge in [0, 0.05) is 29.4 Å². The molecule has 0 atom stereocenters. The third-order valence-corrected chi connectivity index (χ3v) is 5.93. The van der Waals surface area contributed by atoms with Gasteiger partial charge in [-0.25, -0.2) is 4.68 Å². The first-order valence-electron chi connectivity index (χ1n) is 8.79. The molecule has 4 heterocycles. The van der Waals surface area contributed by atoms with Crippen molar-refractivity contribution in [3.8, 4) is 10.6 Å². The van der Waals surface area contributed by atoms with Crippen LogP contribution >= 0.6 is 11.3 Å². The summed E-state index contributed by atoms with van der Waals surface area (Å²) in [6, 6.07) is 6.53. The number of pyridine rings is 1. The Morgan fingerprint density at radius 3 is 2.96 bits per heavy atom. The summed E-state index contributed by atoms with van der Waals surface area (Å²) in [7, 11) is 0. The second-order valence-corrected chi connectivity index (χ2v) is 8.06. The number of hydrogen-bond donors (Lipinski definition) is 1. The van der Waals surface area contributed by atoms with Crippen LogP contribution in [0.5, 0.6) is 0 Å². The molecule has 0 radical (unpaired) electrons. The highest BCUT2D eigenvalue weighted by molar-refractivity contribution is 7.15. The second-order valence-electron chi connectivity index (χ2n) is 6.92. The zero-order chi connectivity index (χ0) is 17.4. The summed E-state index contributed by atoms with van der Waals surface area (Å²) in [6.07, 6.45) is 3.15. The summed E-state index contributed by atoms with van der Waals surface area (Å²) >= 11 is 1.85. The van der Waals surface area contributed by atoms with Crippen LogP contribution in [-0.4, -0.2) is 26.5 Å². The SMILES string of the molecule is Cc1nc(C(C)C)ccc1Cn1cc(-c2cc3c(s2)CCNC3)nn1. The standard InChI is InChI=1S/C19H23N5S/c1-12(2)16-5-4-14(13(3)21-16)10-24-11-17(22-23-24)19-8-15-9-20-7-6-18(15)25-19/h4-5,8,11-12,20H,6-7,9-10H2,1-3H3. The summed E-state index contributed by atoms with van der Waals surface area (Å²) < 4.78 is 1.91. The van der Waals surface area contributed by atoms with Crippen molar-refractivity contribution in [3.63, 3.8) is 0 Å². The van der Waals surface area contributed by atoms with Crippen LogP contribution in [-0.2, 0) is 19.5 Å². The molecule has 0 fully saturated rings. The van der Waals surface area contributed by atoms with E-state index in [0.717, 1.165) is 36.6 Å². The molecule has 130 valence electrons. The van der Waals surface area contributed by atoms with E-state index in [1.165, 1.54) is 20.9 Å². The first-order chi connectivity index (χ1) is 12.1. The molecule has 3 aromatic heterocycles. The predicted molar refractivity (Wildman–Crippen MR) is 101 cm³/mol. The third kappa shape index (κ3) is 3.37. The van der Waals surface area contributed by atoms with Crippen molar-refractivity contribution in [2.24, 2.45) is 0 Å². The first-order valence-corrected chi connectivity index (χ1v) is 9.61. The van der Waals surface area contributed by atoms with Crippen molar-refractivity contribution in [2.75, 3.05) is 6.54 Å². The van der Waals surface area contributed by atoms with Crippen LogP contribution in [0.4, 0.5) is 0 Å². The van der Waals surface area contributed by atoms with Gasteiger partial charge in [0.05, 0.1) is 17.6 Å². The van der Waals surface area contributed by atoms with Gasteiger partial charge in [0.2, 0.25) is 0 Å². The van der Waals surface area contributed by atoms with E-state index in [2.05, 4.69) is 54.6 Å². The van der Waals surface area contributed by atoms with Gasteiger partial charge >= 0.3 is 0 Å². The van der Waals surface area contributed by atoms with Crippen LogP contribution in [0, 0.1) is 6.92 Å². The molecule has 1 aliphatic heterocycles. The zero-order valence-electron chi connectivity index (χ0n) is 14.9. The molecule has 1 aliphatic rings. The third-order valence-electron chi connectivity index (χ3n) is 4.67. The Bertz CT molecular complexity index is 870. The van der Waals surface area contributed by atoms with Gasteiger partial charge in [0.25, 0.3) is 0 Å². The fraction of sp³-hybridized carbons (Fsp3) is 0.421. The average Bonchev–Trinajstić information content (AvgIpc) is 3.22. The quantitative estimate of drug-likeness (QED) is 0.780. The molecule has 3 aromatic rings. The fourth-order valence-electron chi connectivity index (χ4n) is 3.14. The Labute approximate surface area is 152 Å². The molecular weight excluding hydrogens is 330 g/mol. The lowest BCUT2D eigenvalue weighted by Gasteiger charge is -2.10. The van der Waals surface area contributed by atoms with E-state index in [1.807, 2.05) is 22.2 Å². The van der Waals surface area contributed by atoms with Gasteiger partial charge in [-0.05, 0) is 42.5 Å². The molecule has 25 heavy (non-hydrogen) atoms. The highest BCUT2D eigenvalue weighted by atomic mass is 32.1. The predicted octanol–water partition coefficient (Wildman–Crippen LogP) is 3.53. The van der Waals surface area contributed by atoms with E-state index in [-0.39, 0.29) is 0 Å². The average molecular weight is 353 g/mol. The molecule has 0 amide bonds. The molecule has 0 aliphatic carbocycles. The number of nitrogens with zero attached hydrogens (tertiary/aromatic N) is 4. The number of aryl methyl sites for hydroxylation is 1. The maximum absolute atomic E-state index is 4.71. The molecule has 0 saturated heterocycles. The monoisotopic (exact) mass is 353 g/mol. The summed E-state index contributed by atoms with van der Waals surface area (Å²) in [5, 5.41) is 12.1. The fourth-order valence-corrected chi connectivity index (χ4v) is 4.27. The van der Waals surface area contributed by atoms with Crippen LogP contribution in [0.1, 0.15) is 47.2 Å². The molecule has 1 N–H and O–H groups in total. The van der Waals surface area contributed by atoms with Gasteiger partial charge in [-0.15, -0.1) is 16.4 Å². The number of hydrogen-bond acceptors (Lipinski definition) is 5. The summed E-state index contributed by atoms with van der Waals surface area (Å²) in [5.41, 5.74) is 5.77. The molecule has 4 rings (SSSR count). The number of aromatic nitrogens is 4. The van der Waals surface area contributed by atoms with Crippen LogP contribution in [0.25, 0.3) is 10.6 Å². The highest BCUT2D eigenvalue weighted by Crippen LogP contribution is 2.32. The number of rotatable bonds is 4. The van der Waals surface area contributed by atoms with Crippen molar-refractivity contribution in [3.05, 3.63) is 51.8 Å². The van der Waals surface area contributed by atoms with Crippen LogP contribution in [0.2, 0.25) is 0 Å². The van der Waals surface area contributed by atoms with Crippen molar-refractivity contribution < 1.29 is 0 Å². The van der Waals surface area contributed by atoms with E-state index >= 15 is 0 Å². The molecule has 0 saturated carbocycles. The van der Waals surface area contributed by atoms with Crippen molar-refractivity contribution >= 4 is 11.3 Å². The molecule has 5 nitrogen and oxygen atoms in total. The maximum atomic E-state index is 4.71. The Morgan fingerprint density at radius 1 is 1.32 bits per heavy atom. The number of nitrogens with one attached hydrogen (secondary N) is 1. The van der Waals surface area contributed by atoms with Crippen LogP contribution in [0.15, 0.2) is 24.4 Å². The Morgan fingerprint density at radius 2 is 2.20 bits per heavy atom. The van der Waals surface area contributed by atoms with E-state index < -0.39 is 0 Å². The van der Waals surface area contributed by atoms with Crippen LogP contribution in [0.3, 0.4) is 0 Å². The summed E-state index contributed by atoms with van der Waals surface area (Å²) in [4.78, 5) is 7.40. The largest absolute Gasteiger partial charge is 0.312 e. The van der Waals surface area contributed by atoms with Gasteiger partial charge < -0.3 is 5.32 Å². The van der Waals surface area contributed by atoms with Gasteiger partial charge in [-0.1, -0.05) is 25.1 Å². The minimum Gasteiger partial charge on any atom is -0.312 e. The second kappa shape index (κ2) is 6.69. The van der Waals surface area contributed by atoms with Gasteiger partial charge in [-0.3, -0.25) is 4.98 Å². The lowest BCUT2D eigenvalue weighted by atomic mass is 10.1. The van der Waals surface area contributed by atoms with Gasteiger partial charge in [-0.2, -0.15) is 0 Å². The molecule has 0 aromatic carbocycles. The van der Waals surface area contributed by atoms with Crippen molar-refractivity contribution in [1.29, 1.82) is 0 Å². The van der Waals surface area contributed by atoms with E-state index in [9.17, 15) is 0 Å². The van der Waals surface area contributed by atoms with E-state index in [4.69, 9.17) is 4.98 Å². The van der Waals surface area contributed by atoms with Crippen molar-refractivity contribution in [1.82, 2.24) is 25.3 Å². The van der Waals surface area contributed by atoms with E-state index in [1.54, 1.807) is 0 Å². The molecule has 0 spiro atoms. The molecular formula is C19H23N5S. The minimum absolute atomic E-state index is 0.449. The van der Waals surface area contributed by atoms with Gasteiger partial charge in [0.1, 0.15) is 5.69 Å². The molecule has 0 unspecified atom stereocenters. The Balaban J connectivity index is 1.54. The smallest absolute Gasteiger partial charge is 0.123 e. The lowest BCUT2D eigenvalue weighted by Crippen LogP contribution is -2.21.